The standard InChI is InChI=1S/C11H17NO3/c13-11(14)9-3-4-10(9)12-5-7-1-2-8(6-12)15-7/h7-10H,1-6H2,(H,13,14). The van der Waals surface area contributed by atoms with E-state index < -0.39 is 5.97 Å². The summed E-state index contributed by atoms with van der Waals surface area (Å²) in [7, 11) is 0. The first-order valence-electron chi connectivity index (χ1n) is 5.86. The number of nitrogens with zero attached hydrogens (tertiary/aromatic N) is 1. The Balaban J connectivity index is 1.65. The van der Waals surface area contributed by atoms with Crippen LogP contribution in [0.1, 0.15) is 25.7 Å². The average molecular weight is 211 g/mol. The summed E-state index contributed by atoms with van der Waals surface area (Å²) in [6.45, 7) is 1.90. The van der Waals surface area contributed by atoms with Crippen molar-refractivity contribution >= 4 is 5.97 Å². The van der Waals surface area contributed by atoms with Gasteiger partial charge in [0.15, 0.2) is 0 Å². The van der Waals surface area contributed by atoms with Crippen LogP contribution in [-0.2, 0) is 9.53 Å². The molecule has 2 bridgehead atoms. The zero-order chi connectivity index (χ0) is 10.4. The summed E-state index contributed by atoms with van der Waals surface area (Å²) < 4.78 is 5.75. The van der Waals surface area contributed by atoms with Gasteiger partial charge in [0.2, 0.25) is 0 Å². The van der Waals surface area contributed by atoms with E-state index >= 15 is 0 Å². The molecule has 2 heterocycles. The molecular formula is C11H17NO3. The molecule has 3 aliphatic rings. The molecule has 4 heteroatoms. The Morgan fingerprint density at radius 2 is 1.80 bits per heavy atom. The number of ether oxygens (including phenoxy) is 1. The van der Waals surface area contributed by atoms with Gasteiger partial charge >= 0.3 is 5.97 Å². The van der Waals surface area contributed by atoms with E-state index in [-0.39, 0.29) is 12.0 Å². The maximum absolute atomic E-state index is 11.0. The summed E-state index contributed by atoms with van der Waals surface area (Å²) >= 11 is 0. The molecule has 1 saturated carbocycles. The van der Waals surface area contributed by atoms with Crippen molar-refractivity contribution in [2.75, 3.05) is 13.1 Å². The van der Waals surface area contributed by atoms with E-state index in [0.29, 0.717) is 12.2 Å². The van der Waals surface area contributed by atoms with Crippen LogP contribution in [-0.4, -0.2) is 47.3 Å². The highest BCUT2D eigenvalue weighted by Crippen LogP contribution is 2.36. The predicted molar refractivity (Wildman–Crippen MR) is 53.6 cm³/mol. The lowest BCUT2D eigenvalue weighted by Crippen LogP contribution is -2.56. The molecule has 15 heavy (non-hydrogen) atoms. The summed E-state index contributed by atoms with van der Waals surface area (Å²) in [5.41, 5.74) is 0. The van der Waals surface area contributed by atoms with Gasteiger partial charge in [0.25, 0.3) is 0 Å². The van der Waals surface area contributed by atoms with Gasteiger partial charge in [0.1, 0.15) is 0 Å². The number of aliphatic carboxylic acids is 1. The van der Waals surface area contributed by atoms with Crippen molar-refractivity contribution in [2.45, 2.75) is 43.9 Å². The molecule has 3 rings (SSSR count). The molecular weight excluding hydrogens is 194 g/mol. The van der Waals surface area contributed by atoms with Crippen LogP contribution >= 0.6 is 0 Å². The van der Waals surface area contributed by atoms with Crippen LogP contribution in [0.3, 0.4) is 0 Å². The smallest absolute Gasteiger partial charge is 0.308 e. The largest absolute Gasteiger partial charge is 0.481 e. The Kier molecular flexibility index (Phi) is 2.21. The topological polar surface area (TPSA) is 49.8 Å². The molecule has 1 aliphatic carbocycles. The first kappa shape index (κ1) is 9.60. The minimum atomic E-state index is -0.620. The van der Waals surface area contributed by atoms with Crippen molar-refractivity contribution in [3.05, 3.63) is 0 Å². The second kappa shape index (κ2) is 3.46. The Labute approximate surface area is 89.2 Å². The molecule has 0 aromatic rings. The van der Waals surface area contributed by atoms with Gasteiger partial charge in [-0.2, -0.15) is 0 Å². The SMILES string of the molecule is O=C(O)C1CCC1N1CC2CCC(C1)O2. The lowest BCUT2D eigenvalue weighted by molar-refractivity contribution is -0.152. The first-order chi connectivity index (χ1) is 7.24. The van der Waals surface area contributed by atoms with Crippen LogP contribution in [0.4, 0.5) is 0 Å². The average Bonchev–Trinajstić information content (AvgIpc) is 2.42. The summed E-state index contributed by atoms with van der Waals surface area (Å²) in [5, 5.41) is 9.02. The molecule has 2 aliphatic heterocycles. The normalized spacial score (nSPS) is 45.1. The molecule has 0 spiro atoms. The molecule has 84 valence electrons. The van der Waals surface area contributed by atoms with Crippen molar-refractivity contribution in [3.8, 4) is 0 Å². The van der Waals surface area contributed by atoms with Crippen molar-refractivity contribution in [1.82, 2.24) is 4.90 Å². The number of hydrogen-bond donors (Lipinski definition) is 1. The fraction of sp³-hybridized carbons (Fsp3) is 0.909. The van der Waals surface area contributed by atoms with Gasteiger partial charge in [0.05, 0.1) is 18.1 Å². The quantitative estimate of drug-likeness (QED) is 0.731. The van der Waals surface area contributed by atoms with E-state index in [9.17, 15) is 4.79 Å². The highest BCUT2D eigenvalue weighted by Gasteiger charge is 2.44. The van der Waals surface area contributed by atoms with Crippen molar-refractivity contribution in [1.29, 1.82) is 0 Å². The minimum Gasteiger partial charge on any atom is -0.481 e. The summed E-state index contributed by atoms with van der Waals surface area (Å²) in [6, 6.07) is 0.287. The maximum Gasteiger partial charge on any atom is 0.308 e. The fourth-order valence-electron chi connectivity index (χ4n) is 3.12. The lowest BCUT2D eigenvalue weighted by atomic mass is 9.78. The molecule has 4 atom stereocenters. The third-order valence-corrected chi connectivity index (χ3v) is 4.10. The van der Waals surface area contributed by atoms with Crippen LogP contribution in [0.15, 0.2) is 0 Å². The van der Waals surface area contributed by atoms with Crippen LogP contribution in [0.2, 0.25) is 0 Å². The molecule has 1 N–H and O–H groups in total. The second-order valence-corrected chi connectivity index (χ2v) is 5.00. The monoisotopic (exact) mass is 211 g/mol. The number of carboxylic acids is 1. The van der Waals surface area contributed by atoms with Crippen molar-refractivity contribution in [2.24, 2.45) is 5.92 Å². The Bertz CT molecular complexity index is 269. The van der Waals surface area contributed by atoms with Gasteiger partial charge in [-0.15, -0.1) is 0 Å². The van der Waals surface area contributed by atoms with Gasteiger partial charge in [-0.05, 0) is 25.7 Å². The van der Waals surface area contributed by atoms with Crippen LogP contribution in [0.25, 0.3) is 0 Å². The van der Waals surface area contributed by atoms with Gasteiger partial charge in [0, 0.05) is 19.1 Å². The third kappa shape index (κ3) is 1.56. The zero-order valence-corrected chi connectivity index (χ0v) is 8.76. The lowest BCUT2D eigenvalue weighted by Gasteiger charge is -2.45. The summed E-state index contributed by atoms with van der Waals surface area (Å²) in [5.74, 6) is -0.743. The molecule has 2 saturated heterocycles. The molecule has 0 radical (unpaired) electrons. The number of morpholine rings is 1. The Hall–Kier alpha value is -0.610. The van der Waals surface area contributed by atoms with Gasteiger partial charge in [-0.3, -0.25) is 9.69 Å². The Morgan fingerprint density at radius 1 is 1.13 bits per heavy atom. The minimum absolute atomic E-state index is 0.123. The summed E-state index contributed by atoms with van der Waals surface area (Å²) in [6.07, 6.45) is 4.97. The number of likely N-dealkylation sites (tertiary alicyclic amines) is 1. The number of hydrogen-bond acceptors (Lipinski definition) is 3. The van der Waals surface area contributed by atoms with Crippen LogP contribution in [0.5, 0.6) is 0 Å². The van der Waals surface area contributed by atoms with Crippen LogP contribution in [0, 0.1) is 5.92 Å². The van der Waals surface area contributed by atoms with Crippen LogP contribution < -0.4 is 0 Å². The molecule has 0 aromatic carbocycles. The summed E-state index contributed by atoms with van der Waals surface area (Å²) in [4.78, 5) is 13.3. The van der Waals surface area contributed by atoms with E-state index in [1.807, 2.05) is 0 Å². The van der Waals surface area contributed by atoms with Gasteiger partial charge < -0.3 is 9.84 Å². The van der Waals surface area contributed by atoms with Gasteiger partial charge in [-0.1, -0.05) is 0 Å². The van der Waals surface area contributed by atoms with E-state index in [0.717, 1.165) is 38.8 Å². The second-order valence-electron chi connectivity index (χ2n) is 5.00. The molecule has 0 amide bonds. The number of carboxylic acid groups (broad SMARTS) is 1. The van der Waals surface area contributed by atoms with E-state index in [2.05, 4.69) is 4.90 Å². The number of fused-ring (bicyclic) bond motifs is 2. The third-order valence-electron chi connectivity index (χ3n) is 4.10. The van der Waals surface area contributed by atoms with Crippen molar-refractivity contribution < 1.29 is 14.6 Å². The van der Waals surface area contributed by atoms with Gasteiger partial charge in [-0.25, -0.2) is 0 Å². The molecule has 4 nitrogen and oxygen atoms in total. The first-order valence-corrected chi connectivity index (χ1v) is 5.86. The predicted octanol–water partition coefficient (Wildman–Crippen LogP) is 0.713. The molecule has 4 unspecified atom stereocenters. The number of carbonyl (C=O) groups is 1. The van der Waals surface area contributed by atoms with Crippen molar-refractivity contribution in [3.63, 3.8) is 0 Å². The molecule has 3 fully saturated rings. The maximum atomic E-state index is 11.0. The number of rotatable bonds is 2. The highest BCUT2D eigenvalue weighted by atomic mass is 16.5. The Morgan fingerprint density at radius 3 is 2.27 bits per heavy atom. The molecule has 0 aromatic heterocycles. The fourth-order valence-corrected chi connectivity index (χ4v) is 3.12. The zero-order valence-electron chi connectivity index (χ0n) is 8.76. The van der Waals surface area contributed by atoms with E-state index in [1.54, 1.807) is 0 Å². The highest BCUT2D eigenvalue weighted by molar-refractivity contribution is 5.72. The van der Waals surface area contributed by atoms with E-state index in [1.165, 1.54) is 0 Å². The van der Waals surface area contributed by atoms with E-state index in [4.69, 9.17) is 9.84 Å².